The Kier molecular flexibility index (Phi) is 8.02. The van der Waals surface area contributed by atoms with E-state index >= 15 is 0 Å². The number of ether oxygens (including phenoxy) is 1. The summed E-state index contributed by atoms with van der Waals surface area (Å²) >= 11 is 0. The van der Waals surface area contributed by atoms with Crippen LogP contribution >= 0.6 is 0 Å². The minimum atomic E-state index is -4.64. The van der Waals surface area contributed by atoms with Crippen molar-refractivity contribution in [1.29, 1.82) is 0 Å². The number of amides is 1. The molecule has 0 spiro atoms. The maximum Gasteiger partial charge on any atom is 0.416 e. The van der Waals surface area contributed by atoms with Crippen LogP contribution in [-0.4, -0.2) is 30.2 Å². The number of carbonyl (C=O) groups is 1. The number of aliphatic hydroxyl groups excluding tert-OH is 1. The van der Waals surface area contributed by atoms with E-state index in [1.807, 2.05) is 30.3 Å². The molecule has 34 heavy (non-hydrogen) atoms. The molecule has 0 aliphatic rings. The Bertz CT molecular complexity index is 1220. The van der Waals surface area contributed by atoms with Crippen molar-refractivity contribution in [1.82, 2.24) is 9.71 Å². The quantitative estimate of drug-likeness (QED) is 0.471. The highest BCUT2D eigenvalue weighted by Crippen LogP contribution is 2.31. The van der Waals surface area contributed by atoms with Crippen LogP contribution in [0.25, 0.3) is 0 Å². The first-order chi connectivity index (χ1) is 16.0. The molecule has 3 rings (SSSR count). The van der Waals surface area contributed by atoms with Crippen LogP contribution in [0.1, 0.15) is 38.8 Å². The highest BCUT2D eigenvalue weighted by molar-refractivity contribution is 7.90. The van der Waals surface area contributed by atoms with Gasteiger partial charge in [0.2, 0.25) is 10.0 Å². The average molecular weight is 494 g/mol. The summed E-state index contributed by atoms with van der Waals surface area (Å²) in [4.78, 5) is 16.3. The van der Waals surface area contributed by atoms with E-state index in [1.54, 1.807) is 4.72 Å². The number of alkyl halides is 3. The van der Waals surface area contributed by atoms with E-state index < -0.39 is 39.5 Å². The first-order valence-corrected chi connectivity index (χ1v) is 11.7. The number of benzene rings is 2. The van der Waals surface area contributed by atoms with Gasteiger partial charge < -0.3 is 9.84 Å². The molecule has 2 N–H and O–H groups in total. The van der Waals surface area contributed by atoms with Gasteiger partial charge in [-0.15, -0.1) is 0 Å². The van der Waals surface area contributed by atoms with Crippen LogP contribution in [0.15, 0.2) is 72.9 Å². The Morgan fingerprint density at radius 2 is 1.76 bits per heavy atom. The van der Waals surface area contributed by atoms with Gasteiger partial charge in [-0.25, -0.2) is 13.1 Å². The molecule has 7 nitrogen and oxygen atoms in total. The van der Waals surface area contributed by atoms with Crippen LogP contribution in [0.4, 0.5) is 13.2 Å². The standard InChI is InChI=1S/C23H21F3N2O5S/c24-23(25,26)19-8-4-7-17(11-19)21(29)15-34(31,32)28-22(30)18-9-10-20(27-12-18)14-33-13-16-5-2-1-3-6-16/h1-12,21,29H,13-15H2,(H,28,30). The molecule has 1 amide bonds. The van der Waals surface area contributed by atoms with Crippen molar-refractivity contribution in [3.8, 4) is 0 Å². The number of rotatable bonds is 9. The minimum absolute atomic E-state index is 0.0519. The number of pyridine rings is 1. The second kappa shape index (κ2) is 10.8. The largest absolute Gasteiger partial charge is 0.416 e. The SMILES string of the molecule is O=C(NS(=O)(=O)CC(O)c1cccc(C(F)(F)F)c1)c1ccc(COCc2ccccc2)nc1. The van der Waals surface area contributed by atoms with Gasteiger partial charge in [0, 0.05) is 6.20 Å². The highest BCUT2D eigenvalue weighted by atomic mass is 32.2. The summed E-state index contributed by atoms with van der Waals surface area (Å²) in [6, 6.07) is 16.0. The lowest BCUT2D eigenvalue weighted by molar-refractivity contribution is -0.137. The van der Waals surface area contributed by atoms with Crippen LogP contribution in [0.5, 0.6) is 0 Å². The molecule has 0 saturated carbocycles. The molecular weight excluding hydrogens is 473 g/mol. The number of sulfonamides is 1. The predicted molar refractivity (Wildman–Crippen MR) is 117 cm³/mol. The first kappa shape index (κ1) is 25.3. The second-order valence-electron chi connectivity index (χ2n) is 7.37. The summed E-state index contributed by atoms with van der Waals surface area (Å²) in [6.07, 6.45) is -5.24. The third-order valence-electron chi connectivity index (χ3n) is 4.67. The van der Waals surface area contributed by atoms with Crippen LogP contribution in [0.3, 0.4) is 0 Å². The third-order valence-corrected chi connectivity index (χ3v) is 5.92. The lowest BCUT2D eigenvalue weighted by Crippen LogP contribution is -2.34. The number of hydrogen-bond donors (Lipinski definition) is 2. The van der Waals surface area contributed by atoms with E-state index in [2.05, 4.69) is 4.98 Å². The first-order valence-electron chi connectivity index (χ1n) is 10.00. The number of halogens is 3. The number of aromatic nitrogens is 1. The van der Waals surface area contributed by atoms with Gasteiger partial charge in [-0.3, -0.25) is 9.78 Å². The van der Waals surface area contributed by atoms with Crippen molar-refractivity contribution >= 4 is 15.9 Å². The maximum absolute atomic E-state index is 12.8. The van der Waals surface area contributed by atoms with E-state index in [1.165, 1.54) is 24.4 Å². The van der Waals surface area contributed by atoms with Crippen LogP contribution < -0.4 is 4.72 Å². The molecule has 2 aromatic carbocycles. The molecule has 1 atom stereocenters. The molecule has 1 heterocycles. The number of aliphatic hydroxyl groups is 1. The molecule has 1 aromatic heterocycles. The fraction of sp³-hybridized carbons (Fsp3) is 0.217. The monoisotopic (exact) mass is 494 g/mol. The van der Waals surface area contributed by atoms with Gasteiger partial charge in [0.1, 0.15) is 0 Å². The van der Waals surface area contributed by atoms with Crippen molar-refractivity contribution in [2.24, 2.45) is 0 Å². The van der Waals surface area contributed by atoms with Crippen molar-refractivity contribution in [2.45, 2.75) is 25.5 Å². The minimum Gasteiger partial charge on any atom is -0.387 e. The summed E-state index contributed by atoms with van der Waals surface area (Å²) in [6.45, 7) is 0.551. The van der Waals surface area contributed by atoms with Crippen molar-refractivity contribution in [3.05, 3.63) is 101 Å². The van der Waals surface area contributed by atoms with Gasteiger partial charge in [0.15, 0.2) is 0 Å². The van der Waals surface area contributed by atoms with Gasteiger partial charge in [-0.05, 0) is 35.4 Å². The molecular formula is C23H21F3N2O5S. The van der Waals surface area contributed by atoms with Crippen molar-refractivity contribution in [3.63, 3.8) is 0 Å². The van der Waals surface area contributed by atoms with E-state index in [0.717, 1.165) is 17.7 Å². The Hall–Kier alpha value is -3.28. The normalized spacial score (nSPS) is 12.8. The molecule has 0 radical (unpaired) electrons. The Balaban J connectivity index is 1.55. The highest BCUT2D eigenvalue weighted by Gasteiger charge is 2.31. The lowest BCUT2D eigenvalue weighted by Gasteiger charge is -2.14. The van der Waals surface area contributed by atoms with E-state index in [-0.39, 0.29) is 17.7 Å². The molecule has 0 fully saturated rings. The molecule has 3 aromatic rings. The van der Waals surface area contributed by atoms with Crippen molar-refractivity contribution < 1.29 is 36.2 Å². The second-order valence-corrected chi connectivity index (χ2v) is 9.14. The zero-order valence-electron chi connectivity index (χ0n) is 17.7. The summed E-state index contributed by atoms with van der Waals surface area (Å²) in [5.74, 6) is -1.99. The van der Waals surface area contributed by atoms with Crippen LogP contribution in [0, 0.1) is 0 Å². The van der Waals surface area contributed by atoms with E-state index in [9.17, 15) is 31.5 Å². The smallest absolute Gasteiger partial charge is 0.387 e. The number of nitrogens with zero attached hydrogens (tertiary/aromatic N) is 1. The van der Waals surface area contributed by atoms with Gasteiger partial charge >= 0.3 is 6.18 Å². The zero-order valence-corrected chi connectivity index (χ0v) is 18.5. The molecule has 0 aliphatic heterocycles. The maximum atomic E-state index is 12.8. The molecule has 1 unspecified atom stereocenters. The zero-order chi connectivity index (χ0) is 24.8. The molecule has 0 aliphatic carbocycles. The summed E-state index contributed by atoms with van der Waals surface area (Å²) < 4.78 is 70.4. The van der Waals surface area contributed by atoms with Gasteiger partial charge in [-0.2, -0.15) is 13.2 Å². The van der Waals surface area contributed by atoms with Crippen LogP contribution in [-0.2, 0) is 34.2 Å². The van der Waals surface area contributed by atoms with Gasteiger partial charge in [-0.1, -0.05) is 42.5 Å². The molecule has 11 heteroatoms. The lowest BCUT2D eigenvalue weighted by atomic mass is 10.1. The van der Waals surface area contributed by atoms with Crippen molar-refractivity contribution in [2.75, 3.05) is 5.75 Å². The Morgan fingerprint density at radius 1 is 1.03 bits per heavy atom. The predicted octanol–water partition coefficient (Wildman–Crippen LogP) is 3.61. The van der Waals surface area contributed by atoms with Gasteiger partial charge in [0.25, 0.3) is 5.91 Å². The van der Waals surface area contributed by atoms with E-state index in [4.69, 9.17) is 4.74 Å². The number of nitrogens with one attached hydrogen (secondary N) is 1. The Morgan fingerprint density at radius 3 is 2.41 bits per heavy atom. The molecule has 180 valence electrons. The average Bonchev–Trinajstić information content (AvgIpc) is 2.79. The summed E-state index contributed by atoms with van der Waals surface area (Å²) in [5.41, 5.74) is 0.189. The summed E-state index contributed by atoms with van der Waals surface area (Å²) in [7, 11) is -4.36. The van der Waals surface area contributed by atoms with Crippen LogP contribution in [0.2, 0.25) is 0 Å². The van der Waals surface area contributed by atoms with E-state index in [0.29, 0.717) is 18.4 Å². The number of hydrogen-bond acceptors (Lipinski definition) is 6. The Labute approximate surface area is 194 Å². The third kappa shape index (κ3) is 7.37. The fourth-order valence-electron chi connectivity index (χ4n) is 2.96. The molecule has 0 bridgehead atoms. The van der Waals surface area contributed by atoms with Gasteiger partial charge in [0.05, 0.1) is 41.9 Å². The fourth-order valence-corrected chi connectivity index (χ4v) is 4.05. The molecule has 0 saturated heterocycles. The number of carbonyl (C=O) groups excluding carboxylic acids is 1. The topological polar surface area (TPSA) is 106 Å². The summed E-state index contributed by atoms with van der Waals surface area (Å²) in [5, 5.41) is 10.1.